The summed E-state index contributed by atoms with van der Waals surface area (Å²) in [5.41, 5.74) is 0. The average molecular weight is 158 g/mol. The Morgan fingerprint density at radius 2 is 2.00 bits per heavy atom. The highest BCUT2D eigenvalue weighted by molar-refractivity contribution is 4.64. The quantitative estimate of drug-likeness (QED) is 0.436. The van der Waals surface area contributed by atoms with Crippen LogP contribution in [0.25, 0.3) is 0 Å². The van der Waals surface area contributed by atoms with Crippen molar-refractivity contribution in [2.75, 3.05) is 19.8 Å². The van der Waals surface area contributed by atoms with Crippen molar-refractivity contribution < 1.29 is 9.47 Å². The number of ether oxygens (including phenoxy) is 2. The molecule has 0 radical (unpaired) electrons. The predicted molar refractivity (Wildman–Crippen MR) is 46.4 cm³/mol. The summed E-state index contributed by atoms with van der Waals surface area (Å²) in [6, 6.07) is 0. The van der Waals surface area contributed by atoms with Gasteiger partial charge in [0.05, 0.1) is 12.9 Å². The molecule has 0 saturated heterocycles. The second-order valence-electron chi connectivity index (χ2n) is 2.81. The predicted octanol–water partition coefficient (Wildman–Crippen LogP) is 2.21. The van der Waals surface area contributed by atoms with Crippen LogP contribution in [0.2, 0.25) is 0 Å². The summed E-state index contributed by atoms with van der Waals surface area (Å²) in [6.07, 6.45) is 3.54. The topological polar surface area (TPSA) is 18.5 Å². The first-order chi connectivity index (χ1) is 5.27. The molecule has 0 fully saturated rings. The lowest BCUT2D eigenvalue weighted by Crippen LogP contribution is -2.06. The summed E-state index contributed by atoms with van der Waals surface area (Å²) in [7, 11) is 0. The first-order valence-corrected chi connectivity index (χ1v) is 4.08. The van der Waals surface area contributed by atoms with Gasteiger partial charge in [-0.1, -0.05) is 19.9 Å². The molecule has 0 amide bonds. The third-order valence-electron chi connectivity index (χ3n) is 1.03. The standard InChI is InChI=1S/C9H18O2/c1-4-5-10-6-7-11-8-9(2)3/h4-5,9H,6-8H2,1-3H3. The first kappa shape index (κ1) is 10.5. The van der Waals surface area contributed by atoms with Gasteiger partial charge >= 0.3 is 0 Å². The Bertz CT molecular complexity index is 97.7. The van der Waals surface area contributed by atoms with Crippen LogP contribution in [-0.2, 0) is 9.47 Å². The van der Waals surface area contributed by atoms with Gasteiger partial charge in [0, 0.05) is 6.61 Å². The molecule has 0 atom stereocenters. The molecule has 66 valence electrons. The zero-order valence-electron chi connectivity index (χ0n) is 7.67. The molecule has 0 spiro atoms. The average Bonchev–Trinajstić information content (AvgIpc) is 1.96. The van der Waals surface area contributed by atoms with Gasteiger partial charge in [-0.2, -0.15) is 0 Å². The smallest absolute Gasteiger partial charge is 0.111 e. The number of hydrogen-bond acceptors (Lipinski definition) is 2. The Hall–Kier alpha value is -0.500. The van der Waals surface area contributed by atoms with Gasteiger partial charge in [0.1, 0.15) is 6.61 Å². The van der Waals surface area contributed by atoms with Crippen molar-refractivity contribution >= 4 is 0 Å². The normalized spacial score (nSPS) is 11.3. The van der Waals surface area contributed by atoms with E-state index in [9.17, 15) is 0 Å². The highest BCUT2D eigenvalue weighted by atomic mass is 16.5. The molecule has 0 unspecified atom stereocenters. The number of rotatable bonds is 6. The van der Waals surface area contributed by atoms with Crippen molar-refractivity contribution in [1.29, 1.82) is 0 Å². The van der Waals surface area contributed by atoms with Crippen molar-refractivity contribution in [2.45, 2.75) is 20.8 Å². The second kappa shape index (κ2) is 7.61. The van der Waals surface area contributed by atoms with E-state index in [4.69, 9.17) is 9.47 Å². The van der Waals surface area contributed by atoms with Gasteiger partial charge in [0.2, 0.25) is 0 Å². The molecule has 0 aliphatic rings. The van der Waals surface area contributed by atoms with Crippen LogP contribution >= 0.6 is 0 Å². The third-order valence-corrected chi connectivity index (χ3v) is 1.03. The van der Waals surface area contributed by atoms with Crippen LogP contribution in [0.3, 0.4) is 0 Å². The van der Waals surface area contributed by atoms with E-state index >= 15 is 0 Å². The van der Waals surface area contributed by atoms with Crippen LogP contribution in [0, 0.1) is 5.92 Å². The van der Waals surface area contributed by atoms with Gasteiger partial charge in [-0.15, -0.1) is 0 Å². The second-order valence-corrected chi connectivity index (χ2v) is 2.81. The van der Waals surface area contributed by atoms with Crippen molar-refractivity contribution in [3.8, 4) is 0 Å². The molecule has 11 heavy (non-hydrogen) atoms. The van der Waals surface area contributed by atoms with Crippen LogP contribution in [0.5, 0.6) is 0 Å². The minimum atomic E-state index is 0.608. The molecule has 0 bridgehead atoms. The van der Waals surface area contributed by atoms with Crippen LogP contribution in [0.1, 0.15) is 20.8 Å². The van der Waals surface area contributed by atoms with E-state index < -0.39 is 0 Å². The van der Waals surface area contributed by atoms with Gasteiger partial charge < -0.3 is 9.47 Å². The Morgan fingerprint density at radius 3 is 2.55 bits per heavy atom. The van der Waals surface area contributed by atoms with E-state index in [0.29, 0.717) is 19.1 Å². The minimum Gasteiger partial charge on any atom is -0.499 e. The van der Waals surface area contributed by atoms with Crippen molar-refractivity contribution in [3.05, 3.63) is 12.3 Å². The van der Waals surface area contributed by atoms with Crippen molar-refractivity contribution in [3.63, 3.8) is 0 Å². The molecule has 2 heteroatoms. The number of allylic oxidation sites excluding steroid dienone is 1. The fourth-order valence-corrected chi connectivity index (χ4v) is 0.590. The summed E-state index contributed by atoms with van der Waals surface area (Å²) in [5, 5.41) is 0. The summed E-state index contributed by atoms with van der Waals surface area (Å²) >= 11 is 0. The number of hydrogen-bond donors (Lipinski definition) is 0. The van der Waals surface area contributed by atoms with E-state index in [2.05, 4.69) is 13.8 Å². The third kappa shape index (κ3) is 9.50. The molecule has 0 aromatic carbocycles. The molecule has 0 aliphatic carbocycles. The zero-order valence-corrected chi connectivity index (χ0v) is 7.67. The van der Waals surface area contributed by atoms with Gasteiger partial charge in [-0.05, 0) is 12.8 Å². The van der Waals surface area contributed by atoms with Crippen molar-refractivity contribution in [1.82, 2.24) is 0 Å². The molecule has 0 saturated carbocycles. The van der Waals surface area contributed by atoms with Crippen LogP contribution in [0.4, 0.5) is 0 Å². The van der Waals surface area contributed by atoms with Gasteiger partial charge in [-0.25, -0.2) is 0 Å². The molecule has 0 heterocycles. The molecule has 0 aromatic rings. The zero-order chi connectivity index (χ0) is 8.53. The largest absolute Gasteiger partial charge is 0.499 e. The molecule has 0 N–H and O–H groups in total. The minimum absolute atomic E-state index is 0.608. The van der Waals surface area contributed by atoms with E-state index in [1.807, 2.05) is 13.0 Å². The molecule has 0 aromatic heterocycles. The molecular formula is C9H18O2. The van der Waals surface area contributed by atoms with E-state index in [0.717, 1.165) is 6.61 Å². The molecular weight excluding hydrogens is 140 g/mol. The fraction of sp³-hybridized carbons (Fsp3) is 0.778. The van der Waals surface area contributed by atoms with Crippen LogP contribution < -0.4 is 0 Å². The summed E-state index contributed by atoms with van der Waals surface area (Å²) in [4.78, 5) is 0. The van der Waals surface area contributed by atoms with E-state index in [1.165, 1.54) is 0 Å². The summed E-state index contributed by atoms with van der Waals surface area (Å²) < 4.78 is 10.3. The van der Waals surface area contributed by atoms with Crippen LogP contribution in [-0.4, -0.2) is 19.8 Å². The highest BCUT2D eigenvalue weighted by Crippen LogP contribution is 1.91. The Kier molecular flexibility index (Phi) is 7.26. The molecule has 0 aliphatic heterocycles. The maximum absolute atomic E-state index is 5.28. The van der Waals surface area contributed by atoms with Crippen LogP contribution in [0.15, 0.2) is 12.3 Å². The Balaban J connectivity index is 2.91. The van der Waals surface area contributed by atoms with E-state index in [1.54, 1.807) is 6.26 Å². The van der Waals surface area contributed by atoms with Gasteiger partial charge in [0.15, 0.2) is 0 Å². The highest BCUT2D eigenvalue weighted by Gasteiger charge is 1.91. The Morgan fingerprint density at radius 1 is 1.27 bits per heavy atom. The summed E-state index contributed by atoms with van der Waals surface area (Å²) in [6.45, 7) is 8.34. The lowest BCUT2D eigenvalue weighted by atomic mass is 10.2. The SMILES string of the molecule is CC=COCCOCC(C)C. The monoisotopic (exact) mass is 158 g/mol. The molecule has 0 rings (SSSR count). The lowest BCUT2D eigenvalue weighted by Gasteiger charge is -2.05. The first-order valence-electron chi connectivity index (χ1n) is 4.08. The molecule has 2 nitrogen and oxygen atoms in total. The summed E-state index contributed by atoms with van der Waals surface area (Å²) in [5.74, 6) is 0.608. The maximum atomic E-state index is 5.28. The fourth-order valence-electron chi connectivity index (χ4n) is 0.590. The maximum Gasteiger partial charge on any atom is 0.111 e. The lowest BCUT2D eigenvalue weighted by molar-refractivity contribution is 0.0691. The Labute approximate surface area is 69.2 Å². The van der Waals surface area contributed by atoms with Crippen molar-refractivity contribution in [2.24, 2.45) is 5.92 Å². The van der Waals surface area contributed by atoms with Gasteiger partial charge in [0.25, 0.3) is 0 Å². The van der Waals surface area contributed by atoms with Gasteiger partial charge in [-0.3, -0.25) is 0 Å². The van der Waals surface area contributed by atoms with E-state index in [-0.39, 0.29) is 0 Å².